The van der Waals surface area contributed by atoms with Crippen LogP contribution in [0, 0.1) is 0 Å². The second-order valence-corrected chi connectivity index (χ2v) is 4.91. The van der Waals surface area contributed by atoms with Crippen molar-refractivity contribution >= 4 is 5.97 Å². The van der Waals surface area contributed by atoms with Gasteiger partial charge in [0.25, 0.3) is 0 Å². The molecule has 0 spiro atoms. The first-order valence-corrected chi connectivity index (χ1v) is 5.16. The summed E-state index contributed by atoms with van der Waals surface area (Å²) < 4.78 is 1.00. The number of carboxylic acids is 1. The number of nitrogens with zero attached hydrogens (tertiary/aromatic N) is 1. The van der Waals surface area contributed by atoms with Gasteiger partial charge < -0.3 is 21.1 Å². The molecule has 1 atom stereocenters. The van der Waals surface area contributed by atoms with Crippen molar-refractivity contribution in [2.45, 2.75) is 25.3 Å². The second-order valence-electron chi connectivity index (χ2n) is 4.91. The number of aliphatic carboxylic acids is 1. The molecule has 5 heteroatoms. The molecule has 0 saturated carbocycles. The number of quaternary nitrogens is 1. The minimum atomic E-state index is -0.933. The molecular weight excluding hydrogens is 194 g/mol. The minimum absolute atomic E-state index is 0.520. The molecule has 0 amide bonds. The third-order valence-corrected chi connectivity index (χ3v) is 1.29. The maximum atomic E-state index is 10.1. The highest BCUT2D eigenvalue weighted by molar-refractivity contribution is 5.72. The summed E-state index contributed by atoms with van der Waals surface area (Å²) in [5, 5.41) is 8.33. The predicted octanol–water partition coefficient (Wildman–Crippen LogP) is -0.150. The lowest BCUT2D eigenvalue weighted by molar-refractivity contribution is -0.849. The summed E-state index contributed by atoms with van der Waals surface area (Å²) in [6.45, 7) is 0.604. The van der Waals surface area contributed by atoms with Crippen LogP contribution in [0.1, 0.15) is 19.3 Å². The van der Waals surface area contributed by atoms with Crippen LogP contribution < -0.4 is 11.5 Å². The Hall–Kier alpha value is -0.650. The van der Waals surface area contributed by atoms with E-state index in [4.69, 9.17) is 16.6 Å². The van der Waals surface area contributed by atoms with Crippen LogP contribution in [-0.2, 0) is 4.79 Å². The summed E-state index contributed by atoms with van der Waals surface area (Å²) >= 11 is 0. The highest BCUT2D eigenvalue weighted by atomic mass is 16.4. The average Bonchev–Trinajstić information content (AvgIpc) is 2.01. The van der Waals surface area contributed by atoms with Gasteiger partial charge in [-0.3, -0.25) is 4.79 Å². The molecule has 1 unspecified atom stereocenters. The van der Waals surface area contributed by atoms with Gasteiger partial charge in [0.1, 0.15) is 6.04 Å². The topological polar surface area (TPSA) is 89.3 Å². The molecule has 0 aromatic heterocycles. The van der Waals surface area contributed by atoms with Gasteiger partial charge in [-0.25, -0.2) is 0 Å². The number of nitrogens with two attached hydrogens (primary N) is 2. The zero-order valence-electron chi connectivity index (χ0n) is 10.4. The summed E-state index contributed by atoms with van der Waals surface area (Å²) in [6, 6.07) is -0.716. The quantitative estimate of drug-likeness (QED) is 0.444. The minimum Gasteiger partial charge on any atom is -0.480 e. The van der Waals surface area contributed by atoms with E-state index in [0.717, 1.165) is 17.3 Å². The van der Waals surface area contributed by atoms with E-state index in [1.165, 1.54) is 0 Å². The second kappa shape index (κ2) is 8.64. The fraction of sp³-hybridized carbons (Fsp3) is 0.900. The monoisotopic (exact) mass is 220 g/mol. The Balaban J connectivity index is 0. The number of hydrogen-bond acceptors (Lipinski definition) is 3. The fourth-order valence-corrected chi connectivity index (χ4v) is 0.632. The predicted molar refractivity (Wildman–Crippen MR) is 62.5 cm³/mol. The van der Waals surface area contributed by atoms with Crippen molar-refractivity contribution in [3.63, 3.8) is 0 Å². The van der Waals surface area contributed by atoms with E-state index < -0.39 is 12.0 Å². The van der Waals surface area contributed by atoms with Crippen molar-refractivity contribution in [2.75, 3.05) is 34.7 Å². The Morgan fingerprint density at radius 2 is 1.67 bits per heavy atom. The summed E-state index contributed by atoms with van der Waals surface area (Å²) in [4.78, 5) is 10.1. The zero-order chi connectivity index (χ0) is 12.5. The fourth-order valence-electron chi connectivity index (χ4n) is 0.632. The Morgan fingerprint density at radius 3 is 1.93 bits per heavy atom. The first kappa shape index (κ1) is 16.8. The number of carboxylic acid groups (broad SMARTS) is 1. The molecule has 0 fully saturated rings. The summed E-state index contributed by atoms with van der Waals surface area (Å²) in [6.07, 6.45) is 2.16. The highest BCUT2D eigenvalue weighted by Gasteiger charge is 2.09. The Kier molecular flexibility index (Phi) is 9.66. The number of unbranched alkanes of at least 4 members (excludes halogenated alkanes) is 1. The average molecular weight is 220 g/mol. The molecule has 5 N–H and O–H groups in total. The summed E-state index contributed by atoms with van der Waals surface area (Å²) in [5.41, 5.74) is 10.4. The van der Waals surface area contributed by atoms with E-state index in [1.807, 2.05) is 0 Å². The van der Waals surface area contributed by atoms with Gasteiger partial charge in [-0.2, -0.15) is 0 Å². The van der Waals surface area contributed by atoms with Crippen molar-refractivity contribution in [2.24, 2.45) is 11.5 Å². The van der Waals surface area contributed by atoms with Gasteiger partial charge in [-0.15, -0.1) is 0 Å². The summed E-state index contributed by atoms with van der Waals surface area (Å²) in [5.74, 6) is -0.933. The van der Waals surface area contributed by atoms with Gasteiger partial charge in [0.15, 0.2) is 0 Å². The Morgan fingerprint density at radius 1 is 1.27 bits per heavy atom. The van der Waals surface area contributed by atoms with Gasteiger partial charge in [-0.05, 0) is 19.4 Å². The van der Waals surface area contributed by atoms with Crippen LogP contribution in [0.25, 0.3) is 0 Å². The number of hydrogen-bond donors (Lipinski definition) is 3. The molecule has 0 heterocycles. The SMILES string of the molecule is C[N+](C)(C)C.NCCCCC(N)C(=O)O. The van der Waals surface area contributed by atoms with E-state index in [0.29, 0.717) is 13.0 Å². The lowest BCUT2D eigenvalue weighted by atomic mass is 10.1. The molecule has 0 aliphatic rings. The van der Waals surface area contributed by atoms with E-state index in [1.54, 1.807) is 0 Å². The molecule has 0 saturated heterocycles. The number of rotatable bonds is 5. The van der Waals surface area contributed by atoms with Gasteiger partial charge >= 0.3 is 5.97 Å². The van der Waals surface area contributed by atoms with E-state index >= 15 is 0 Å². The molecule has 0 aromatic rings. The molecular formula is C10H26N3O2+. The number of carbonyl (C=O) groups is 1. The van der Waals surface area contributed by atoms with Crippen molar-refractivity contribution < 1.29 is 14.4 Å². The first-order valence-electron chi connectivity index (χ1n) is 5.16. The molecule has 92 valence electrons. The molecule has 0 aromatic carbocycles. The molecule has 0 rings (SSSR count). The van der Waals surface area contributed by atoms with Crippen LogP contribution in [0.3, 0.4) is 0 Å². The third kappa shape index (κ3) is 24.7. The van der Waals surface area contributed by atoms with Crippen LogP contribution in [0.4, 0.5) is 0 Å². The standard InChI is InChI=1S/C6H14N2O2.C4H12N/c7-4-2-1-3-5(8)6(9)10;1-5(2,3)4/h5H,1-4,7-8H2,(H,9,10);1-4H3/q;+1. The Labute approximate surface area is 92.6 Å². The van der Waals surface area contributed by atoms with Gasteiger partial charge in [0.2, 0.25) is 0 Å². The van der Waals surface area contributed by atoms with Gasteiger partial charge in [0.05, 0.1) is 28.2 Å². The lowest BCUT2D eigenvalue weighted by Crippen LogP contribution is -2.29. The van der Waals surface area contributed by atoms with E-state index in [9.17, 15) is 4.79 Å². The lowest BCUT2D eigenvalue weighted by Gasteiger charge is -2.14. The molecule has 0 aliphatic heterocycles. The summed E-state index contributed by atoms with van der Waals surface area (Å²) in [7, 11) is 8.50. The largest absolute Gasteiger partial charge is 0.480 e. The van der Waals surface area contributed by atoms with Crippen molar-refractivity contribution in [3.05, 3.63) is 0 Å². The molecule has 0 bridgehead atoms. The molecule has 0 aliphatic carbocycles. The van der Waals surface area contributed by atoms with Crippen LogP contribution >= 0.6 is 0 Å². The van der Waals surface area contributed by atoms with Crippen LogP contribution in [-0.4, -0.2) is 56.3 Å². The molecule has 15 heavy (non-hydrogen) atoms. The highest BCUT2D eigenvalue weighted by Crippen LogP contribution is 1.96. The maximum Gasteiger partial charge on any atom is 0.320 e. The van der Waals surface area contributed by atoms with Crippen LogP contribution in [0.5, 0.6) is 0 Å². The van der Waals surface area contributed by atoms with Crippen molar-refractivity contribution in [1.29, 1.82) is 0 Å². The van der Waals surface area contributed by atoms with E-state index in [-0.39, 0.29) is 0 Å². The first-order chi connectivity index (χ1) is 6.68. The molecule has 0 radical (unpaired) electrons. The van der Waals surface area contributed by atoms with Gasteiger partial charge in [-0.1, -0.05) is 6.42 Å². The van der Waals surface area contributed by atoms with Crippen LogP contribution in [0.15, 0.2) is 0 Å². The van der Waals surface area contributed by atoms with Gasteiger partial charge in [0, 0.05) is 0 Å². The zero-order valence-corrected chi connectivity index (χ0v) is 10.4. The van der Waals surface area contributed by atoms with E-state index in [2.05, 4.69) is 28.2 Å². The van der Waals surface area contributed by atoms with Crippen molar-refractivity contribution in [1.82, 2.24) is 0 Å². The molecule has 5 nitrogen and oxygen atoms in total. The smallest absolute Gasteiger partial charge is 0.320 e. The maximum absolute atomic E-state index is 10.1. The third-order valence-electron chi connectivity index (χ3n) is 1.29. The van der Waals surface area contributed by atoms with Crippen molar-refractivity contribution in [3.8, 4) is 0 Å². The normalized spacial score (nSPS) is 12.7. The Bertz CT molecular complexity index is 161. The van der Waals surface area contributed by atoms with Crippen LogP contribution in [0.2, 0.25) is 0 Å².